The first kappa shape index (κ1) is 19.6. The van der Waals surface area contributed by atoms with Crippen LogP contribution in [0.4, 0.5) is 4.39 Å². The summed E-state index contributed by atoms with van der Waals surface area (Å²) in [5, 5.41) is 9.71. The molecule has 0 aliphatic carbocycles. The van der Waals surface area contributed by atoms with Gasteiger partial charge in [0, 0.05) is 11.6 Å². The molecule has 9 nitrogen and oxygen atoms in total. The number of nitrogens with zero attached hydrogens (tertiary/aromatic N) is 7. The van der Waals surface area contributed by atoms with Gasteiger partial charge in [-0.3, -0.25) is 0 Å². The third kappa shape index (κ3) is 3.51. The van der Waals surface area contributed by atoms with Gasteiger partial charge in [0.2, 0.25) is 0 Å². The molecule has 2 aromatic carbocycles. The van der Waals surface area contributed by atoms with Crippen LogP contribution < -0.4 is 10.4 Å². The van der Waals surface area contributed by atoms with E-state index in [9.17, 15) is 9.18 Å². The van der Waals surface area contributed by atoms with Gasteiger partial charge in [-0.1, -0.05) is 18.2 Å². The van der Waals surface area contributed by atoms with Crippen LogP contribution in [0.25, 0.3) is 22.3 Å². The highest BCUT2D eigenvalue weighted by Crippen LogP contribution is 2.22. The maximum atomic E-state index is 13.3. The zero-order chi connectivity index (χ0) is 22.1. The standard InChI is InChI=1S/C22H18FN7O2/c1-2-32-21-27-30(22(31)28(21)12-15-6-8-16(23)9-7-15)20-5-3-4-19-18(20)13-29(26-19)17-10-24-14-25-11-17/h3-11,13-14H,2,12H2,1H3. The summed E-state index contributed by atoms with van der Waals surface area (Å²) in [4.78, 5) is 21.4. The minimum absolute atomic E-state index is 0.183. The molecule has 0 saturated heterocycles. The molecule has 0 unspecified atom stereocenters. The highest BCUT2D eigenvalue weighted by Gasteiger charge is 2.19. The Bertz CT molecular complexity index is 1440. The smallest absolute Gasteiger partial charge is 0.353 e. The summed E-state index contributed by atoms with van der Waals surface area (Å²) in [5.41, 5.74) is 2.32. The largest absolute Gasteiger partial charge is 0.464 e. The Morgan fingerprint density at radius 2 is 1.81 bits per heavy atom. The van der Waals surface area contributed by atoms with Crippen LogP contribution in [-0.2, 0) is 6.54 Å². The number of rotatable bonds is 6. The monoisotopic (exact) mass is 431 g/mol. The molecule has 0 amide bonds. The summed E-state index contributed by atoms with van der Waals surface area (Å²) >= 11 is 0. The van der Waals surface area contributed by atoms with Crippen molar-refractivity contribution < 1.29 is 9.13 Å². The van der Waals surface area contributed by atoms with Gasteiger partial charge in [0.05, 0.1) is 36.7 Å². The van der Waals surface area contributed by atoms with Gasteiger partial charge in [0.1, 0.15) is 17.8 Å². The van der Waals surface area contributed by atoms with Crippen molar-refractivity contribution in [3.63, 3.8) is 0 Å². The molecule has 0 aliphatic heterocycles. The molecule has 10 heteroatoms. The fraction of sp³-hybridized carbons (Fsp3) is 0.136. The normalized spacial score (nSPS) is 11.2. The van der Waals surface area contributed by atoms with E-state index in [1.165, 1.54) is 27.7 Å². The lowest BCUT2D eigenvalue weighted by atomic mass is 10.2. The Labute approximate surface area is 181 Å². The molecule has 5 rings (SSSR count). The van der Waals surface area contributed by atoms with Crippen molar-refractivity contribution in [2.45, 2.75) is 13.5 Å². The quantitative estimate of drug-likeness (QED) is 0.411. The molecular formula is C22H18FN7O2. The summed E-state index contributed by atoms with van der Waals surface area (Å²) in [6.07, 6.45) is 6.54. The second-order valence-electron chi connectivity index (χ2n) is 7.00. The van der Waals surface area contributed by atoms with Gasteiger partial charge >= 0.3 is 11.7 Å². The number of hydrogen-bond donors (Lipinski definition) is 0. The molecule has 0 aliphatic rings. The molecule has 0 spiro atoms. The van der Waals surface area contributed by atoms with Gasteiger partial charge in [-0.05, 0) is 36.8 Å². The van der Waals surface area contributed by atoms with Crippen molar-refractivity contribution in [1.82, 2.24) is 34.1 Å². The second kappa shape index (κ2) is 8.06. The van der Waals surface area contributed by atoms with E-state index in [0.29, 0.717) is 23.5 Å². The minimum atomic E-state index is -0.374. The first-order valence-electron chi connectivity index (χ1n) is 9.95. The van der Waals surface area contributed by atoms with Gasteiger partial charge in [0.15, 0.2) is 0 Å². The Morgan fingerprint density at radius 1 is 1.03 bits per heavy atom. The summed E-state index contributed by atoms with van der Waals surface area (Å²) in [5.74, 6) is -0.339. The minimum Gasteiger partial charge on any atom is -0.464 e. The topological polar surface area (TPSA) is 92.7 Å². The van der Waals surface area contributed by atoms with Crippen LogP contribution in [-0.4, -0.2) is 40.7 Å². The van der Waals surface area contributed by atoms with Gasteiger partial charge in [-0.25, -0.2) is 28.4 Å². The summed E-state index contributed by atoms with van der Waals surface area (Å²) < 4.78 is 23.3. The summed E-state index contributed by atoms with van der Waals surface area (Å²) in [6, 6.07) is 11.6. The van der Waals surface area contributed by atoms with Crippen LogP contribution in [0.15, 0.2) is 72.2 Å². The maximum absolute atomic E-state index is 13.3. The Kier molecular flexibility index (Phi) is 4.94. The van der Waals surface area contributed by atoms with Gasteiger partial charge in [0.25, 0.3) is 0 Å². The van der Waals surface area contributed by atoms with Gasteiger partial charge < -0.3 is 4.74 Å². The fourth-order valence-corrected chi connectivity index (χ4v) is 3.43. The van der Waals surface area contributed by atoms with Crippen molar-refractivity contribution >= 4 is 10.9 Å². The fourth-order valence-electron chi connectivity index (χ4n) is 3.43. The third-order valence-corrected chi connectivity index (χ3v) is 4.92. The predicted molar refractivity (Wildman–Crippen MR) is 115 cm³/mol. The average Bonchev–Trinajstić information content (AvgIpc) is 3.38. The number of fused-ring (bicyclic) bond motifs is 1. The molecule has 160 valence electrons. The predicted octanol–water partition coefficient (Wildman–Crippen LogP) is 2.75. The second-order valence-corrected chi connectivity index (χ2v) is 7.00. The van der Waals surface area contributed by atoms with E-state index < -0.39 is 0 Å². The Hall–Kier alpha value is -4.34. The number of hydrogen-bond acceptors (Lipinski definition) is 6. The third-order valence-electron chi connectivity index (χ3n) is 4.92. The number of halogens is 1. The van der Waals surface area contributed by atoms with Crippen molar-refractivity contribution in [2.75, 3.05) is 6.61 Å². The molecule has 0 N–H and O–H groups in total. The van der Waals surface area contributed by atoms with Crippen molar-refractivity contribution in [1.29, 1.82) is 0 Å². The molecule has 32 heavy (non-hydrogen) atoms. The lowest BCUT2D eigenvalue weighted by molar-refractivity contribution is 0.296. The first-order valence-corrected chi connectivity index (χ1v) is 9.95. The number of aromatic nitrogens is 7. The summed E-state index contributed by atoms with van der Waals surface area (Å²) in [6.45, 7) is 2.36. The van der Waals surface area contributed by atoms with E-state index in [4.69, 9.17) is 4.74 Å². The molecule has 3 aromatic heterocycles. The lowest BCUT2D eigenvalue weighted by Crippen LogP contribution is -2.24. The molecule has 5 aromatic rings. The van der Waals surface area contributed by atoms with E-state index in [0.717, 1.165) is 10.9 Å². The van der Waals surface area contributed by atoms with E-state index in [-0.39, 0.29) is 24.1 Å². The Morgan fingerprint density at radius 3 is 2.56 bits per heavy atom. The van der Waals surface area contributed by atoms with Crippen molar-refractivity contribution in [2.24, 2.45) is 0 Å². The molecule has 0 bridgehead atoms. The number of ether oxygens (including phenoxy) is 1. The van der Waals surface area contributed by atoms with Crippen molar-refractivity contribution in [3.8, 4) is 17.4 Å². The molecule has 0 fully saturated rings. The Balaban J connectivity index is 1.62. The highest BCUT2D eigenvalue weighted by atomic mass is 19.1. The SMILES string of the molecule is CCOc1nn(-c2cccc3nn(-c4cncnc4)cc23)c(=O)n1Cc1ccc(F)cc1. The number of benzene rings is 2. The average molecular weight is 431 g/mol. The van der Waals surface area contributed by atoms with E-state index in [1.54, 1.807) is 41.5 Å². The van der Waals surface area contributed by atoms with Crippen LogP contribution in [0.1, 0.15) is 12.5 Å². The van der Waals surface area contributed by atoms with E-state index in [1.807, 2.05) is 19.1 Å². The zero-order valence-corrected chi connectivity index (χ0v) is 17.1. The molecular weight excluding hydrogens is 413 g/mol. The van der Waals surface area contributed by atoms with Gasteiger partial charge in [-0.15, -0.1) is 5.10 Å². The lowest BCUT2D eigenvalue weighted by Gasteiger charge is -2.05. The molecule has 3 heterocycles. The van der Waals surface area contributed by atoms with Crippen LogP contribution in [0.5, 0.6) is 6.01 Å². The summed E-state index contributed by atoms with van der Waals surface area (Å²) in [7, 11) is 0. The van der Waals surface area contributed by atoms with Crippen LogP contribution >= 0.6 is 0 Å². The zero-order valence-electron chi connectivity index (χ0n) is 17.1. The van der Waals surface area contributed by atoms with E-state index >= 15 is 0 Å². The molecule has 0 atom stereocenters. The highest BCUT2D eigenvalue weighted by molar-refractivity contribution is 5.87. The van der Waals surface area contributed by atoms with Crippen LogP contribution in [0, 0.1) is 5.82 Å². The van der Waals surface area contributed by atoms with E-state index in [2.05, 4.69) is 20.2 Å². The van der Waals surface area contributed by atoms with Gasteiger partial charge in [-0.2, -0.15) is 9.78 Å². The molecule has 0 saturated carbocycles. The maximum Gasteiger partial charge on any atom is 0.353 e. The first-order chi connectivity index (χ1) is 15.6. The van der Waals surface area contributed by atoms with Crippen LogP contribution in [0.2, 0.25) is 0 Å². The van der Waals surface area contributed by atoms with Crippen molar-refractivity contribution in [3.05, 3.63) is 89.2 Å². The van der Waals surface area contributed by atoms with Crippen LogP contribution in [0.3, 0.4) is 0 Å². The molecule has 0 radical (unpaired) electrons.